The molecule has 3 aromatic carbocycles. The third kappa shape index (κ3) is 3.29. The van der Waals surface area contributed by atoms with Crippen molar-refractivity contribution in [3.63, 3.8) is 0 Å². The summed E-state index contributed by atoms with van der Waals surface area (Å²) in [6.07, 6.45) is 0. The molecule has 0 aliphatic carbocycles. The van der Waals surface area contributed by atoms with Gasteiger partial charge in [0.15, 0.2) is 0 Å². The first-order valence-electron chi connectivity index (χ1n) is 7.52. The lowest BCUT2D eigenvalue weighted by atomic mass is 10.3. The molecule has 0 amide bonds. The molecule has 6 nitrogen and oxygen atoms in total. The highest BCUT2D eigenvalue weighted by molar-refractivity contribution is 7.92. The maximum absolute atomic E-state index is 12.6. The van der Waals surface area contributed by atoms with Crippen LogP contribution in [0.4, 0.5) is 11.4 Å². The first kappa shape index (κ1) is 18.0. The molecule has 8 heteroatoms. The van der Waals surface area contributed by atoms with Crippen molar-refractivity contribution in [2.24, 2.45) is 0 Å². The first-order chi connectivity index (χ1) is 12.2. The minimum atomic E-state index is -3.76. The molecule has 0 spiro atoms. The fraction of sp³-hybridized carbons (Fsp3) is 0. The third-order valence-corrected chi connectivity index (χ3v) is 7.40. The van der Waals surface area contributed by atoms with E-state index in [1.54, 1.807) is 0 Å². The SMILES string of the molecule is Nc1ccc(S(=O)(=O)c2ccc(S(=O)(=O)c3ccc(N)cc3)cc2)cc1. The lowest BCUT2D eigenvalue weighted by molar-refractivity contribution is 0.592. The zero-order chi connectivity index (χ0) is 18.9. The molecule has 3 rings (SSSR count). The molecule has 0 aliphatic rings. The van der Waals surface area contributed by atoms with Gasteiger partial charge in [-0.3, -0.25) is 0 Å². The molecule has 0 fully saturated rings. The summed E-state index contributed by atoms with van der Waals surface area (Å²) in [4.78, 5) is 0.165. The van der Waals surface area contributed by atoms with Crippen molar-refractivity contribution in [3.05, 3.63) is 72.8 Å². The van der Waals surface area contributed by atoms with Crippen molar-refractivity contribution in [2.45, 2.75) is 19.6 Å². The molecule has 0 bridgehead atoms. The van der Waals surface area contributed by atoms with Gasteiger partial charge in [0.2, 0.25) is 19.7 Å². The van der Waals surface area contributed by atoms with E-state index in [1.807, 2.05) is 0 Å². The number of sulfone groups is 2. The second-order valence-corrected chi connectivity index (χ2v) is 9.52. The van der Waals surface area contributed by atoms with Crippen LogP contribution in [0.15, 0.2) is 92.4 Å². The molecule has 0 atom stereocenters. The fourth-order valence-electron chi connectivity index (χ4n) is 2.36. The molecule has 134 valence electrons. The average molecular weight is 388 g/mol. The summed E-state index contributed by atoms with van der Waals surface area (Å²) in [6.45, 7) is 0. The van der Waals surface area contributed by atoms with Gasteiger partial charge in [0.25, 0.3) is 0 Å². The van der Waals surface area contributed by atoms with E-state index in [-0.39, 0.29) is 19.6 Å². The maximum Gasteiger partial charge on any atom is 0.206 e. The summed E-state index contributed by atoms with van der Waals surface area (Å²) in [7, 11) is -7.51. The second kappa shape index (κ2) is 6.47. The Bertz CT molecular complexity index is 1040. The van der Waals surface area contributed by atoms with Gasteiger partial charge in [-0.1, -0.05) is 0 Å². The molecule has 4 N–H and O–H groups in total. The second-order valence-electron chi connectivity index (χ2n) is 5.62. The van der Waals surface area contributed by atoms with E-state index in [0.29, 0.717) is 11.4 Å². The average Bonchev–Trinajstić information content (AvgIpc) is 2.62. The van der Waals surface area contributed by atoms with Gasteiger partial charge in [-0.05, 0) is 72.8 Å². The molecule has 0 radical (unpaired) electrons. The molecular weight excluding hydrogens is 372 g/mol. The van der Waals surface area contributed by atoms with Crippen molar-refractivity contribution in [2.75, 3.05) is 11.5 Å². The summed E-state index contributed by atoms with van der Waals surface area (Å²) in [5.41, 5.74) is 12.0. The van der Waals surface area contributed by atoms with Gasteiger partial charge in [-0.25, -0.2) is 16.8 Å². The van der Waals surface area contributed by atoms with E-state index in [0.717, 1.165) is 0 Å². The normalized spacial score (nSPS) is 12.0. The summed E-state index contributed by atoms with van der Waals surface area (Å²) in [5, 5.41) is 0. The summed E-state index contributed by atoms with van der Waals surface area (Å²) >= 11 is 0. The number of anilines is 2. The van der Waals surface area contributed by atoms with Crippen molar-refractivity contribution < 1.29 is 16.8 Å². The monoisotopic (exact) mass is 388 g/mol. The van der Waals surface area contributed by atoms with Crippen LogP contribution < -0.4 is 11.5 Å². The molecule has 0 unspecified atom stereocenters. The zero-order valence-corrected chi connectivity index (χ0v) is 15.2. The molecule has 0 heterocycles. The van der Waals surface area contributed by atoms with E-state index in [4.69, 9.17) is 11.5 Å². The fourth-order valence-corrected chi connectivity index (χ4v) is 4.89. The molecule has 3 aromatic rings. The van der Waals surface area contributed by atoms with E-state index in [9.17, 15) is 16.8 Å². The Morgan fingerprint density at radius 3 is 0.846 bits per heavy atom. The molecule has 0 saturated heterocycles. The van der Waals surface area contributed by atoms with Crippen LogP contribution in [0, 0.1) is 0 Å². The van der Waals surface area contributed by atoms with E-state index in [2.05, 4.69) is 0 Å². The topological polar surface area (TPSA) is 120 Å². The van der Waals surface area contributed by atoms with Crippen LogP contribution in [0.2, 0.25) is 0 Å². The Balaban J connectivity index is 1.98. The van der Waals surface area contributed by atoms with Crippen LogP contribution >= 0.6 is 0 Å². The van der Waals surface area contributed by atoms with Gasteiger partial charge < -0.3 is 11.5 Å². The maximum atomic E-state index is 12.6. The predicted octanol–water partition coefficient (Wildman–Crippen LogP) is 2.52. The number of hydrogen-bond acceptors (Lipinski definition) is 6. The van der Waals surface area contributed by atoms with Crippen molar-refractivity contribution in [3.8, 4) is 0 Å². The Hall–Kier alpha value is -2.84. The Morgan fingerprint density at radius 1 is 0.423 bits per heavy atom. The number of rotatable bonds is 4. The molecule has 0 saturated carbocycles. The van der Waals surface area contributed by atoms with Crippen LogP contribution in [0.3, 0.4) is 0 Å². The van der Waals surface area contributed by atoms with Crippen LogP contribution in [0.5, 0.6) is 0 Å². The van der Waals surface area contributed by atoms with Crippen LogP contribution in [-0.2, 0) is 19.7 Å². The highest BCUT2D eigenvalue weighted by atomic mass is 32.2. The summed E-state index contributed by atoms with van der Waals surface area (Å²) in [6, 6.07) is 16.7. The summed E-state index contributed by atoms with van der Waals surface area (Å²) in [5.74, 6) is 0. The van der Waals surface area contributed by atoms with Gasteiger partial charge in [0.1, 0.15) is 0 Å². The van der Waals surface area contributed by atoms with Crippen LogP contribution in [0.1, 0.15) is 0 Å². The largest absolute Gasteiger partial charge is 0.399 e. The highest BCUT2D eigenvalue weighted by Crippen LogP contribution is 2.26. The molecular formula is C18H16N2O4S2. The van der Waals surface area contributed by atoms with Gasteiger partial charge in [0.05, 0.1) is 19.6 Å². The van der Waals surface area contributed by atoms with E-state index >= 15 is 0 Å². The highest BCUT2D eigenvalue weighted by Gasteiger charge is 2.21. The number of benzene rings is 3. The van der Waals surface area contributed by atoms with Gasteiger partial charge in [0, 0.05) is 11.4 Å². The van der Waals surface area contributed by atoms with Crippen molar-refractivity contribution in [1.82, 2.24) is 0 Å². The Kier molecular flexibility index (Phi) is 4.47. The van der Waals surface area contributed by atoms with Crippen LogP contribution in [0.25, 0.3) is 0 Å². The van der Waals surface area contributed by atoms with Crippen molar-refractivity contribution >= 4 is 31.0 Å². The van der Waals surface area contributed by atoms with Crippen molar-refractivity contribution in [1.29, 1.82) is 0 Å². The smallest absolute Gasteiger partial charge is 0.206 e. The number of hydrogen-bond donors (Lipinski definition) is 2. The first-order valence-corrected chi connectivity index (χ1v) is 10.5. The van der Waals surface area contributed by atoms with E-state index in [1.165, 1.54) is 72.8 Å². The lowest BCUT2D eigenvalue weighted by Crippen LogP contribution is -2.05. The summed E-state index contributed by atoms with van der Waals surface area (Å²) < 4.78 is 50.4. The number of nitrogens with two attached hydrogens (primary N) is 2. The van der Waals surface area contributed by atoms with Gasteiger partial charge >= 0.3 is 0 Å². The molecule has 0 aliphatic heterocycles. The van der Waals surface area contributed by atoms with Gasteiger partial charge in [-0.15, -0.1) is 0 Å². The minimum absolute atomic E-state index is 0.00136. The molecule has 26 heavy (non-hydrogen) atoms. The zero-order valence-electron chi connectivity index (χ0n) is 13.5. The predicted molar refractivity (Wildman–Crippen MR) is 99.1 cm³/mol. The Morgan fingerprint density at radius 2 is 0.615 bits per heavy atom. The number of nitrogen functional groups attached to an aromatic ring is 2. The van der Waals surface area contributed by atoms with Gasteiger partial charge in [-0.2, -0.15) is 0 Å². The quantitative estimate of drug-likeness (QED) is 0.663. The molecule has 0 aromatic heterocycles. The standard InChI is InChI=1S/C18H16N2O4S2/c19-13-1-5-15(6-2-13)25(21,22)17-9-11-18(12-10-17)26(23,24)16-7-3-14(20)4-8-16/h1-12H,19-20H2. The third-order valence-electron chi connectivity index (χ3n) is 3.83. The van der Waals surface area contributed by atoms with E-state index < -0.39 is 19.7 Å². The Labute approximate surface area is 151 Å². The minimum Gasteiger partial charge on any atom is -0.399 e. The lowest BCUT2D eigenvalue weighted by Gasteiger charge is -2.08. The van der Waals surface area contributed by atoms with Crippen LogP contribution in [-0.4, -0.2) is 16.8 Å².